The zero-order chi connectivity index (χ0) is 13.5. The maximum absolute atomic E-state index is 11.1. The summed E-state index contributed by atoms with van der Waals surface area (Å²) in [5.41, 5.74) is 10.7. The summed E-state index contributed by atoms with van der Waals surface area (Å²) >= 11 is 0. The molecular formula is C13H19N3O2. The highest BCUT2D eigenvalue weighted by molar-refractivity contribution is 6.05. The molecule has 1 amide bonds. The van der Waals surface area contributed by atoms with E-state index in [1.165, 1.54) is 0 Å². The van der Waals surface area contributed by atoms with Crippen molar-refractivity contribution in [3.63, 3.8) is 0 Å². The van der Waals surface area contributed by atoms with Crippen LogP contribution >= 0.6 is 0 Å². The number of rotatable bonds is 1. The first-order valence-electron chi connectivity index (χ1n) is 5.91. The van der Waals surface area contributed by atoms with Gasteiger partial charge >= 0.3 is 0 Å². The molecule has 18 heavy (non-hydrogen) atoms. The van der Waals surface area contributed by atoms with Gasteiger partial charge in [-0.25, -0.2) is 5.43 Å². The van der Waals surface area contributed by atoms with Crippen LogP contribution in [0.1, 0.15) is 25.8 Å². The Labute approximate surface area is 107 Å². The molecule has 1 atom stereocenters. The molecule has 1 heterocycles. The molecule has 4 N–H and O–H groups in total. The van der Waals surface area contributed by atoms with Gasteiger partial charge in [-0.15, -0.1) is 0 Å². The SMILES string of the molecule is CC1CC(=O)NN=C1c1ccc(N)cc1.CCO. The van der Waals surface area contributed by atoms with Crippen molar-refractivity contribution in [1.29, 1.82) is 0 Å². The van der Waals surface area contributed by atoms with E-state index in [2.05, 4.69) is 10.5 Å². The number of hydrogen-bond donors (Lipinski definition) is 3. The number of nitrogen functional groups attached to an aromatic ring is 1. The molecule has 0 aromatic heterocycles. The molecule has 0 saturated carbocycles. The lowest BCUT2D eigenvalue weighted by Crippen LogP contribution is -2.31. The minimum atomic E-state index is -0.0262. The first-order valence-corrected chi connectivity index (χ1v) is 5.91. The van der Waals surface area contributed by atoms with E-state index in [1.807, 2.05) is 31.2 Å². The average molecular weight is 249 g/mol. The Morgan fingerprint density at radius 2 is 2.00 bits per heavy atom. The van der Waals surface area contributed by atoms with Gasteiger partial charge in [0.1, 0.15) is 0 Å². The highest BCUT2D eigenvalue weighted by Gasteiger charge is 2.21. The van der Waals surface area contributed by atoms with E-state index >= 15 is 0 Å². The number of aliphatic hydroxyl groups is 1. The number of amides is 1. The summed E-state index contributed by atoms with van der Waals surface area (Å²) in [7, 11) is 0. The summed E-state index contributed by atoms with van der Waals surface area (Å²) in [6.45, 7) is 3.92. The van der Waals surface area contributed by atoms with Crippen LogP contribution in [0.2, 0.25) is 0 Å². The largest absolute Gasteiger partial charge is 0.399 e. The number of nitrogens with one attached hydrogen (secondary N) is 1. The van der Waals surface area contributed by atoms with Crippen LogP contribution in [0.15, 0.2) is 29.4 Å². The highest BCUT2D eigenvalue weighted by atomic mass is 16.2. The molecule has 0 saturated heterocycles. The molecule has 0 radical (unpaired) electrons. The molecule has 2 rings (SSSR count). The molecule has 5 heteroatoms. The van der Waals surface area contributed by atoms with Crippen molar-refractivity contribution in [2.24, 2.45) is 11.0 Å². The fourth-order valence-electron chi connectivity index (χ4n) is 1.66. The number of anilines is 1. The second kappa shape index (κ2) is 6.76. The molecule has 1 aromatic carbocycles. The van der Waals surface area contributed by atoms with Gasteiger partial charge in [0.2, 0.25) is 5.91 Å². The molecule has 1 aliphatic rings. The number of aliphatic hydroxyl groups excluding tert-OH is 1. The van der Waals surface area contributed by atoms with Crippen molar-refractivity contribution in [2.45, 2.75) is 20.3 Å². The molecule has 0 spiro atoms. The molecule has 0 aliphatic carbocycles. The van der Waals surface area contributed by atoms with Gasteiger partial charge in [0, 0.05) is 24.6 Å². The van der Waals surface area contributed by atoms with Crippen LogP contribution in [0.4, 0.5) is 5.69 Å². The van der Waals surface area contributed by atoms with Gasteiger partial charge in [-0.05, 0) is 24.6 Å². The fraction of sp³-hybridized carbons (Fsp3) is 0.385. The number of carbonyl (C=O) groups excluding carboxylic acids is 1. The van der Waals surface area contributed by atoms with Crippen molar-refractivity contribution >= 4 is 17.3 Å². The van der Waals surface area contributed by atoms with Crippen molar-refractivity contribution in [3.05, 3.63) is 29.8 Å². The standard InChI is InChI=1S/C11H13N3O.C2H6O/c1-7-6-10(15)13-14-11(7)8-2-4-9(12)5-3-8;1-2-3/h2-5,7H,6,12H2,1H3,(H,13,15);3H,2H2,1H3. The predicted molar refractivity (Wildman–Crippen MR) is 72.1 cm³/mol. The number of carbonyl (C=O) groups is 1. The van der Waals surface area contributed by atoms with Crippen LogP contribution in [0.3, 0.4) is 0 Å². The van der Waals surface area contributed by atoms with E-state index in [0.29, 0.717) is 6.42 Å². The van der Waals surface area contributed by atoms with E-state index in [4.69, 9.17) is 10.8 Å². The summed E-state index contributed by atoms with van der Waals surface area (Å²) in [6.07, 6.45) is 0.489. The molecule has 98 valence electrons. The number of hydrogen-bond acceptors (Lipinski definition) is 4. The molecule has 1 aliphatic heterocycles. The van der Waals surface area contributed by atoms with E-state index < -0.39 is 0 Å². The number of nitrogens with zero attached hydrogens (tertiary/aromatic N) is 1. The Kier molecular flexibility index (Phi) is 5.32. The first-order chi connectivity index (χ1) is 8.58. The van der Waals surface area contributed by atoms with E-state index in [-0.39, 0.29) is 18.4 Å². The van der Waals surface area contributed by atoms with Gasteiger partial charge < -0.3 is 10.8 Å². The minimum Gasteiger partial charge on any atom is -0.399 e. The third-order valence-corrected chi connectivity index (χ3v) is 2.47. The Bertz CT molecular complexity index is 426. The normalized spacial score (nSPS) is 18.3. The number of nitrogens with two attached hydrogens (primary N) is 1. The van der Waals surface area contributed by atoms with Crippen molar-refractivity contribution in [3.8, 4) is 0 Å². The second-order valence-corrected chi connectivity index (χ2v) is 4.08. The Morgan fingerprint density at radius 3 is 2.50 bits per heavy atom. The van der Waals surface area contributed by atoms with Gasteiger partial charge in [-0.3, -0.25) is 4.79 Å². The first kappa shape index (κ1) is 14.2. The van der Waals surface area contributed by atoms with Gasteiger partial charge in [0.05, 0.1) is 5.71 Å². The van der Waals surface area contributed by atoms with Gasteiger partial charge in [-0.2, -0.15) is 5.10 Å². The summed E-state index contributed by atoms with van der Waals surface area (Å²) in [5, 5.41) is 11.6. The lowest BCUT2D eigenvalue weighted by Gasteiger charge is -2.19. The van der Waals surface area contributed by atoms with Gasteiger partial charge in [0.25, 0.3) is 0 Å². The predicted octanol–water partition coefficient (Wildman–Crippen LogP) is 1.13. The third kappa shape index (κ3) is 3.85. The van der Waals surface area contributed by atoms with Gasteiger partial charge in [-0.1, -0.05) is 19.1 Å². The summed E-state index contributed by atoms with van der Waals surface area (Å²) < 4.78 is 0. The zero-order valence-electron chi connectivity index (χ0n) is 10.7. The van der Waals surface area contributed by atoms with E-state index in [9.17, 15) is 4.79 Å². The van der Waals surface area contributed by atoms with Crippen LogP contribution in [0.25, 0.3) is 0 Å². The molecule has 1 unspecified atom stereocenters. The lowest BCUT2D eigenvalue weighted by atomic mass is 9.94. The zero-order valence-corrected chi connectivity index (χ0v) is 10.7. The lowest BCUT2D eigenvalue weighted by molar-refractivity contribution is -0.121. The van der Waals surface area contributed by atoms with Crippen LogP contribution in [-0.2, 0) is 4.79 Å². The number of benzene rings is 1. The van der Waals surface area contributed by atoms with Crippen LogP contribution in [0.5, 0.6) is 0 Å². The Balaban J connectivity index is 0.000000492. The summed E-state index contributed by atoms with van der Waals surface area (Å²) in [5.74, 6) is 0.129. The van der Waals surface area contributed by atoms with E-state index in [1.54, 1.807) is 6.92 Å². The highest BCUT2D eigenvalue weighted by Crippen LogP contribution is 2.17. The van der Waals surface area contributed by atoms with Crippen molar-refractivity contribution in [1.82, 2.24) is 5.43 Å². The van der Waals surface area contributed by atoms with Crippen LogP contribution in [-0.4, -0.2) is 23.3 Å². The third-order valence-electron chi connectivity index (χ3n) is 2.47. The molecule has 0 fully saturated rings. The Morgan fingerprint density at radius 1 is 1.44 bits per heavy atom. The average Bonchev–Trinajstić information content (AvgIpc) is 2.32. The Hall–Kier alpha value is -1.88. The monoisotopic (exact) mass is 249 g/mol. The van der Waals surface area contributed by atoms with Crippen molar-refractivity contribution in [2.75, 3.05) is 12.3 Å². The summed E-state index contributed by atoms with van der Waals surface area (Å²) in [6, 6.07) is 7.51. The maximum Gasteiger partial charge on any atom is 0.240 e. The van der Waals surface area contributed by atoms with Crippen molar-refractivity contribution < 1.29 is 9.90 Å². The fourth-order valence-corrected chi connectivity index (χ4v) is 1.66. The van der Waals surface area contributed by atoms with Crippen LogP contribution < -0.4 is 11.2 Å². The molecular weight excluding hydrogens is 230 g/mol. The quantitative estimate of drug-likeness (QED) is 0.652. The smallest absolute Gasteiger partial charge is 0.240 e. The van der Waals surface area contributed by atoms with Gasteiger partial charge in [0.15, 0.2) is 0 Å². The summed E-state index contributed by atoms with van der Waals surface area (Å²) in [4.78, 5) is 11.1. The molecule has 5 nitrogen and oxygen atoms in total. The minimum absolute atomic E-state index is 0.0262. The maximum atomic E-state index is 11.1. The topological polar surface area (TPSA) is 87.7 Å². The molecule has 0 bridgehead atoms. The van der Waals surface area contributed by atoms with Crippen LogP contribution in [0, 0.1) is 5.92 Å². The van der Waals surface area contributed by atoms with E-state index in [0.717, 1.165) is 17.0 Å². The second-order valence-electron chi connectivity index (χ2n) is 4.08. The molecule has 1 aromatic rings. The number of hydrazone groups is 1.